The van der Waals surface area contributed by atoms with Crippen LogP contribution in [0, 0.1) is 28.6 Å². The number of hydrogen-bond donors (Lipinski definition) is 0. The smallest absolute Gasteiger partial charge is 0.0991 e. The number of nitrogens with zero attached hydrogens (tertiary/aromatic N) is 2. The van der Waals surface area contributed by atoms with Crippen molar-refractivity contribution in [3.63, 3.8) is 0 Å². The Morgan fingerprint density at radius 3 is 2.41 bits per heavy atom. The molecule has 0 radical (unpaired) electrons. The van der Waals surface area contributed by atoms with Gasteiger partial charge in [-0.1, -0.05) is 30.4 Å². The van der Waals surface area contributed by atoms with Crippen LogP contribution in [0.25, 0.3) is 0 Å². The lowest BCUT2D eigenvalue weighted by atomic mass is 9.87. The molecule has 0 aliphatic heterocycles. The minimum Gasteiger partial charge on any atom is -0.374 e. The van der Waals surface area contributed by atoms with Gasteiger partial charge >= 0.3 is 0 Å². The van der Waals surface area contributed by atoms with Gasteiger partial charge in [0.1, 0.15) is 0 Å². The Labute approximate surface area is 132 Å². The van der Waals surface area contributed by atoms with Crippen molar-refractivity contribution in [2.45, 2.75) is 38.4 Å². The molecule has 0 unspecified atom stereocenters. The Balaban J connectivity index is 1.71. The SMILES string of the molecule is N#CC=CC=CC1CCC(OCc2ccc(C#N)cc2)CC1. The molecule has 1 aromatic carbocycles. The summed E-state index contributed by atoms with van der Waals surface area (Å²) in [6.45, 7) is 0.613. The molecule has 1 aliphatic rings. The van der Waals surface area contributed by atoms with E-state index in [2.05, 4.69) is 12.1 Å². The molecule has 0 N–H and O–H groups in total. The van der Waals surface area contributed by atoms with E-state index in [-0.39, 0.29) is 0 Å². The maximum Gasteiger partial charge on any atom is 0.0991 e. The minimum absolute atomic E-state index is 0.329. The molecule has 0 spiro atoms. The molecule has 0 bridgehead atoms. The van der Waals surface area contributed by atoms with E-state index in [1.165, 1.54) is 6.08 Å². The van der Waals surface area contributed by atoms with E-state index in [4.69, 9.17) is 15.3 Å². The topological polar surface area (TPSA) is 56.8 Å². The van der Waals surface area contributed by atoms with Crippen LogP contribution >= 0.6 is 0 Å². The fourth-order valence-electron chi connectivity index (χ4n) is 2.66. The van der Waals surface area contributed by atoms with E-state index in [1.807, 2.05) is 36.4 Å². The molecule has 0 saturated heterocycles. The lowest BCUT2D eigenvalue weighted by molar-refractivity contribution is 0.0110. The van der Waals surface area contributed by atoms with Gasteiger partial charge in [-0.2, -0.15) is 10.5 Å². The van der Waals surface area contributed by atoms with Crippen molar-refractivity contribution >= 4 is 0 Å². The fourth-order valence-corrected chi connectivity index (χ4v) is 2.66. The maximum atomic E-state index is 8.77. The van der Waals surface area contributed by atoms with Crippen LogP contribution in [-0.4, -0.2) is 6.10 Å². The minimum atomic E-state index is 0.329. The second-order valence-corrected chi connectivity index (χ2v) is 5.53. The number of benzene rings is 1. The first-order chi connectivity index (χ1) is 10.8. The molecular formula is C19H20N2O. The molecular weight excluding hydrogens is 272 g/mol. The summed E-state index contributed by atoms with van der Waals surface area (Å²) in [5.74, 6) is 0.595. The van der Waals surface area contributed by atoms with Crippen LogP contribution in [0.1, 0.15) is 36.8 Å². The lowest BCUT2D eigenvalue weighted by Crippen LogP contribution is -2.20. The van der Waals surface area contributed by atoms with E-state index >= 15 is 0 Å². The molecule has 1 aliphatic carbocycles. The van der Waals surface area contributed by atoms with Crippen LogP contribution in [0.5, 0.6) is 0 Å². The maximum absolute atomic E-state index is 8.77. The van der Waals surface area contributed by atoms with Gasteiger partial charge in [0.2, 0.25) is 0 Å². The van der Waals surface area contributed by atoms with Crippen molar-refractivity contribution in [1.29, 1.82) is 10.5 Å². The zero-order valence-corrected chi connectivity index (χ0v) is 12.6. The largest absolute Gasteiger partial charge is 0.374 e. The van der Waals surface area contributed by atoms with E-state index < -0.39 is 0 Å². The standard InChI is InChI=1S/C19H20N2O/c20-13-3-1-2-4-16-9-11-19(12-10-16)22-15-18-7-5-17(14-21)6-8-18/h1-8,16,19H,9-12,15H2. The molecule has 0 amide bonds. The van der Waals surface area contributed by atoms with Crippen molar-refractivity contribution in [3.8, 4) is 12.1 Å². The van der Waals surface area contributed by atoms with Gasteiger partial charge in [-0.05, 0) is 49.3 Å². The highest BCUT2D eigenvalue weighted by atomic mass is 16.5. The second kappa shape index (κ2) is 8.82. The van der Waals surface area contributed by atoms with Gasteiger partial charge in [0.05, 0.1) is 30.4 Å². The van der Waals surface area contributed by atoms with Gasteiger partial charge in [-0.15, -0.1) is 0 Å². The molecule has 112 valence electrons. The molecule has 3 nitrogen and oxygen atoms in total. The zero-order chi connectivity index (χ0) is 15.6. The van der Waals surface area contributed by atoms with E-state index in [0.29, 0.717) is 24.2 Å². The normalized spacial score (nSPS) is 21.7. The molecule has 0 atom stereocenters. The van der Waals surface area contributed by atoms with Crippen LogP contribution in [0.4, 0.5) is 0 Å². The third kappa shape index (κ3) is 5.20. The van der Waals surface area contributed by atoms with Crippen molar-refractivity contribution < 1.29 is 4.74 Å². The summed E-state index contributed by atoms with van der Waals surface area (Å²) in [5.41, 5.74) is 1.80. The first-order valence-corrected chi connectivity index (χ1v) is 7.65. The summed E-state index contributed by atoms with van der Waals surface area (Å²) in [5, 5.41) is 17.2. The van der Waals surface area contributed by atoms with Gasteiger partial charge in [-0.3, -0.25) is 0 Å². The quantitative estimate of drug-likeness (QED) is 0.601. The van der Waals surface area contributed by atoms with Gasteiger partial charge in [0.25, 0.3) is 0 Å². The third-order valence-corrected chi connectivity index (χ3v) is 3.95. The van der Waals surface area contributed by atoms with E-state index in [0.717, 1.165) is 31.2 Å². The Bertz CT molecular complexity index is 594. The molecule has 1 saturated carbocycles. The Hall–Kier alpha value is -2.36. The summed E-state index contributed by atoms with van der Waals surface area (Å²) >= 11 is 0. The van der Waals surface area contributed by atoms with Crippen LogP contribution in [0.3, 0.4) is 0 Å². The molecule has 22 heavy (non-hydrogen) atoms. The summed E-state index contributed by atoms with van der Waals surface area (Å²) in [6.07, 6.45) is 12.2. The Morgan fingerprint density at radius 1 is 1.05 bits per heavy atom. The number of nitriles is 2. The van der Waals surface area contributed by atoms with Crippen LogP contribution < -0.4 is 0 Å². The van der Waals surface area contributed by atoms with E-state index in [9.17, 15) is 0 Å². The molecule has 0 aromatic heterocycles. The van der Waals surface area contributed by atoms with Crippen molar-refractivity contribution in [2.24, 2.45) is 5.92 Å². The predicted octanol–water partition coefficient (Wildman–Crippen LogP) is 4.27. The average molecular weight is 292 g/mol. The van der Waals surface area contributed by atoms with Gasteiger partial charge in [0.15, 0.2) is 0 Å². The van der Waals surface area contributed by atoms with E-state index in [1.54, 1.807) is 6.08 Å². The summed E-state index contributed by atoms with van der Waals surface area (Å²) < 4.78 is 5.97. The van der Waals surface area contributed by atoms with Crippen LogP contribution in [-0.2, 0) is 11.3 Å². The van der Waals surface area contributed by atoms with Crippen LogP contribution in [0.15, 0.2) is 48.6 Å². The van der Waals surface area contributed by atoms with Gasteiger partial charge in [-0.25, -0.2) is 0 Å². The monoisotopic (exact) mass is 292 g/mol. The third-order valence-electron chi connectivity index (χ3n) is 3.95. The highest BCUT2D eigenvalue weighted by molar-refractivity contribution is 5.31. The van der Waals surface area contributed by atoms with Crippen LogP contribution in [0.2, 0.25) is 0 Å². The number of rotatable bonds is 5. The second-order valence-electron chi connectivity index (χ2n) is 5.53. The van der Waals surface area contributed by atoms with Crippen molar-refractivity contribution in [1.82, 2.24) is 0 Å². The first-order valence-electron chi connectivity index (χ1n) is 7.65. The Kier molecular flexibility index (Phi) is 6.42. The first kappa shape index (κ1) is 16.0. The van der Waals surface area contributed by atoms with Crippen molar-refractivity contribution in [3.05, 3.63) is 59.7 Å². The molecule has 3 heteroatoms. The number of ether oxygens (including phenoxy) is 1. The average Bonchev–Trinajstić information content (AvgIpc) is 2.58. The fraction of sp³-hybridized carbons (Fsp3) is 0.368. The molecule has 1 aromatic rings. The highest BCUT2D eigenvalue weighted by Crippen LogP contribution is 2.27. The summed E-state index contributed by atoms with van der Waals surface area (Å²) in [7, 11) is 0. The Morgan fingerprint density at radius 2 is 1.77 bits per heavy atom. The van der Waals surface area contributed by atoms with Gasteiger partial charge < -0.3 is 4.74 Å². The summed E-state index contributed by atoms with van der Waals surface area (Å²) in [4.78, 5) is 0. The summed E-state index contributed by atoms with van der Waals surface area (Å²) in [6, 6.07) is 11.7. The van der Waals surface area contributed by atoms with Gasteiger partial charge in [0, 0.05) is 6.08 Å². The highest BCUT2D eigenvalue weighted by Gasteiger charge is 2.19. The number of hydrogen-bond acceptors (Lipinski definition) is 3. The molecule has 1 fully saturated rings. The molecule has 2 rings (SSSR count). The molecule has 0 heterocycles. The van der Waals surface area contributed by atoms with Crippen molar-refractivity contribution in [2.75, 3.05) is 0 Å². The predicted molar refractivity (Wildman–Crippen MR) is 85.6 cm³/mol. The zero-order valence-electron chi connectivity index (χ0n) is 12.6. The lowest BCUT2D eigenvalue weighted by Gasteiger charge is -2.26. The number of allylic oxidation sites excluding steroid dienone is 4.